The molecule has 5 heteroatoms. The van der Waals surface area contributed by atoms with Crippen LogP contribution in [0.2, 0.25) is 0 Å². The van der Waals surface area contributed by atoms with Crippen molar-refractivity contribution in [2.24, 2.45) is 29.4 Å². The minimum atomic E-state index is -0.434. The van der Waals surface area contributed by atoms with Crippen molar-refractivity contribution >= 4 is 11.9 Å². The van der Waals surface area contributed by atoms with E-state index in [2.05, 4.69) is 6.92 Å². The molecule has 0 bridgehead atoms. The monoisotopic (exact) mass is 283 g/mol. The van der Waals surface area contributed by atoms with Crippen molar-refractivity contribution in [2.45, 2.75) is 58.2 Å². The number of carbonyl (C=O) groups excluding carboxylic acids is 2. The van der Waals surface area contributed by atoms with E-state index in [1.807, 2.05) is 6.92 Å². The van der Waals surface area contributed by atoms with Crippen LogP contribution in [-0.2, 0) is 14.3 Å². The standard InChI is InChI=1S/C15H25NO4/c1-8-3-9(2)15(19)11(4-8)12-5-10(6-13(16)17)7-14(18)20-12/h8-12,15,19H,3-7H2,1-2H3,(H2,16,17)/t8-,9-,10-,11?,12+,15-/m0/s1. The fourth-order valence-corrected chi connectivity index (χ4v) is 3.88. The summed E-state index contributed by atoms with van der Waals surface area (Å²) in [5, 5.41) is 10.4. The zero-order chi connectivity index (χ0) is 14.9. The van der Waals surface area contributed by atoms with Crippen LogP contribution < -0.4 is 5.73 Å². The first-order valence-corrected chi connectivity index (χ1v) is 7.52. The highest BCUT2D eigenvalue weighted by molar-refractivity contribution is 5.76. The van der Waals surface area contributed by atoms with Gasteiger partial charge in [-0.1, -0.05) is 13.8 Å². The lowest BCUT2D eigenvalue weighted by molar-refractivity contribution is -0.168. The maximum Gasteiger partial charge on any atom is 0.306 e. The van der Waals surface area contributed by atoms with Gasteiger partial charge in [-0.3, -0.25) is 9.59 Å². The molecular weight excluding hydrogens is 258 g/mol. The molecule has 2 rings (SSSR count). The van der Waals surface area contributed by atoms with E-state index < -0.39 is 6.10 Å². The molecule has 1 unspecified atom stereocenters. The number of hydrogen-bond donors (Lipinski definition) is 2. The summed E-state index contributed by atoms with van der Waals surface area (Å²) in [5.41, 5.74) is 5.22. The Morgan fingerprint density at radius 2 is 2.05 bits per heavy atom. The van der Waals surface area contributed by atoms with Crippen LogP contribution in [0.25, 0.3) is 0 Å². The number of esters is 1. The number of cyclic esters (lactones) is 1. The molecule has 0 aromatic rings. The van der Waals surface area contributed by atoms with E-state index in [1.54, 1.807) is 0 Å². The molecule has 1 saturated heterocycles. The summed E-state index contributed by atoms with van der Waals surface area (Å²) in [6.07, 6.45) is 2.27. The van der Waals surface area contributed by atoms with Gasteiger partial charge in [0, 0.05) is 18.8 Å². The summed E-state index contributed by atoms with van der Waals surface area (Å²) < 4.78 is 5.45. The Balaban J connectivity index is 2.06. The molecule has 0 aromatic carbocycles. The van der Waals surface area contributed by atoms with Gasteiger partial charge in [0.15, 0.2) is 0 Å². The molecule has 1 aliphatic heterocycles. The molecule has 2 aliphatic rings. The summed E-state index contributed by atoms with van der Waals surface area (Å²) in [5.74, 6) is 0.0272. The van der Waals surface area contributed by atoms with E-state index in [-0.39, 0.29) is 48.6 Å². The Morgan fingerprint density at radius 3 is 2.70 bits per heavy atom. The van der Waals surface area contributed by atoms with Gasteiger partial charge >= 0.3 is 5.97 Å². The van der Waals surface area contributed by atoms with Crippen LogP contribution in [0.3, 0.4) is 0 Å². The van der Waals surface area contributed by atoms with Gasteiger partial charge in [0.05, 0.1) is 6.10 Å². The van der Waals surface area contributed by atoms with Gasteiger partial charge in [0.25, 0.3) is 0 Å². The van der Waals surface area contributed by atoms with Crippen molar-refractivity contribution in [1.82, 2.24) is 0 Å². The van der Waals surface area contributed by atoms with E-state index in [4.69, 9.17) is 10.5 Å². The van der Waals surface area contributed by atoms with Crippen LogP contribution in [0.15, 0.2) is 0 Å². The molecule has 6 atom stereocenters. The number of primary amides is 1. The number of ether oxygens (including phenoxy) is 1. The van der Waals surface area contributed by atoms with Gasteiger partial charge in [0.1, 0.15) is 6.10 Å². The second-order valence-corrected chi connectivity index (χ2v) is 6.71. The smallest absolute Gasteiger partial charge is 0.306 e. The van der Waals surface area contributed by atoms with Crippen LogP contribution in [0.5, 0.6) is 0 Å². The van der Waals surface area contributed by atoms with Crippen molar-refractivity contribution in [2.75, 3.05) is 0 Å². The second kappa shape index (κ2) is 6.12. The number of aliphatic hydroxyl groups is 1. The zero-order valence-corrected chi connectivity index (χ0v) is 12.2. The van der Waals surface area contributed by atoms with Gasteiger partial charge < -0.3 is 15.6 Å². The van der Waals surface area contributed by atoms with Crippen molar-refractivity contribution in [3.63, 3.8) is 0 Å². The number of hydrogen-bond acceptors (Lipinski definition) is 4. The van der Waals surface area contributed by atoms with E-state index in [9.17, 15) is 14.7 Å². The summed E-state index contributed by atoms with van der Waals surface area (Å²) in [6.45, 7) is 4.21. The van der Waals surface area contributed by atoms with Crippen LogP contribution in [0.4, 0.5) is 0 Å². The minimum absolute atomic E-state index is 0.0200. The molecule has 0 spiro atoms. The Morgan fingerprint density at radius 1 is 1.35 bits per heavy atom. The molecule has 0 radical (unpaired) electrons. The number of carbonyl (C=O) groups is 2. The lowest BCUT2D eigenvalue weighted by Gasteiger charge is -2.42. The maximum atomic E-state index is 11.7. The minimum Gasteiger partial charge on any atom is -0.462 e. The highest BCUT2D eigenvalue weighted by Crippen LogP contribution is 2.39. The predicted molar refractivity (Wildman–Crippen MR) is 73.5 cm³/mol. The topological polar surface area (TPSA) is 89.6 Å². The molecule has 1 heterocycles. The van der Waals surface area contributed by atoms with E-state index in [0.717, 1.165) is 12.8 Å². The SMILES string of the molecule is C[C@@H]1CC([C@H]2C[C@@H](CC(N)=O)CC(=O)O2)[C@@H](O)[C@@H](C)C1. The van der Waals surface area contributed by atoms with Gasteiger partial charge in [-0.15, -0.1) is 0 Å². The molecule has 5 nitrogen and oxygen atoms in total. The van der Waals surface area contributed by atoms with Gasteiger partial charge in [-0.25, -0.2) is 0 Å². The van der Waals surface area contributed by atoms with Crippen molar-refractivity contribution in [3.05, 3.63) is 0 Å². The van der Waals surface area contributed by atoms with Crippen molar-refractivity contribution < 1.29 is 19.4 Å². The average molecular weight is 283 g/mol. The normalized spacial score (nSPS) is 42.0. The quantitative estimate of drug-likeness (QED) is 0.762. The number of amides is 1. The summed E-state index contributed by atoms with van der Waals surface area (Å²) in [6, 6.07) is 0. The van der Waals surface area contributed by atoms with Crippen molar-refractivity contribution in [1.29, 1.82) is 0 Å². The lowest BCUT2D eigenvalue weighted by Crippen LogP contribution is -2.46. The van der Waals surface area contributed by atoms with E-state index in [0.29, 0.717) is 12.3 Å². The fourth-order valence-electron chi connectivity index (χ4n) is 3.88. The third kappa shape index (κ3) is 3.51. The third-order valence-electron chi connectivity index (χ3n) is 4.74. The van der Waals surface area contributed by atoms with Gasteiger partial charge in [0.2, 0.25) is 5.91 Å². The molecule has 20 heavy (non-hydrogen) atoms. The predicted octanol–water partition coefficient (Wildman–Crippen LogP) is 1.23. The lowest BCUT2D eigenvalue weighted by atomic mass is 9.70. The molecule has 1 saturated carbocycles. The molecule has 0 aromatic heterocycles. The molecule has 3 N–H and O–H groups in total. The van der Waals surface area contributed by atoms with E-state index in [1.165, 1.54) is 0 Å². The van der Waals surface area contributed by atoms with Gasteiger partial charge in [-0.2, -0.15) is 0 Å². The van der Waals surface area contributed by atoms with Crippen LogP contribution >= 0.6 is 0 Å². The number of aliphatic hydroxyl groups excluding tert-OH is 1. The number of rotatable bonds is 3. The van der Waals surface area contributed by atoms with Gasteiger partial charge in [-0.05, 0) is 37.0 Å². The largest absolute Gasteiger partial charge is 0.462 e. The zero-order valence-electron chi connectivity index (χ0n) is 12.2. The number of nitrogens with two attached hydrogens (primary N) is 1. The van der Waals surface area contributed by atoms with Crippen LogP contribution in [0, 0.1) is 23.7 Å². The van der Waals surface area contributed by atoms with Crippen LogP contribution in [0.1, 0.15) is 46.0 Å². The maximum absolute atomic E-state index is 11.7. The first kappa shape index (κ1) is 15.3. The van der Waals surface area contributed by atoms with Crippen LogP contribution in [-0.4, -0.2) is 29.2 Å². The Kier molecular flexibility index (Phi) is 4.68. The summed E-state index contributed by atoms with van der Waals surface area (Å²) >= 11 is 0. The summed E-state index contributed by atoms with van der Waals surface area (Å²) in [7, 11) is 0. The Hall–Kier alpha value is -1.10. The Bertz CT molecular complexity index is 382. The molecule has 114 valence electrons. The molecule has 2 fully saturated rings. The first-order valence-electron chi connectivity index (χ1n) is 7.52. The fraction of sp³-hybridized carbons (Fsp3) is 0.867. The van der Waals surface area contributed by atoms with Crippen molar-refractivity contribution in [3.8, 4) is 0 Å². The van der Waals surface area contributed by atoms with E-state index >= 15 is 0 Å². The highest BCUT2D eigenvalue weighted by Gasteiger charge is 2.42. The summed E-state index contributed by atoms with van der Waals surface area (Å²) in [4.78, 5) is 22.8. The molecule has 1 amide bonds. The third-order valence-corrected chi connectivity index (χ3v) is 4.74. The Labute approximate surface area is 119 Å². The average Bonchev–Trinajstić information content (AvgIpc) is 2.32. The highest BCUT2D eigenvalue weighted by atomic mass is 16.5. The molecule has 1 aliphatic carbocycles. The molecular formula is C15H25NO4. The first-order chi connectivity index (χ1) is 9.36. The second-order valence-electron chi connectivity index (χ2n) is 6.71.